The van der Waals surface area contributed by atoms with Gasteiger partial charge in [0, 0.05) is 24.8 Å². The standard InChI is InChI=1S/C18H21N3O2/c1-13-5-3-6-14(11-13)9-10-17(22)20-15-7-4-8-16(12-15)21-18(23)19-2/h3-8,11-12H,9-10H2,1-2H3,(H,20,22)(H2,19,21,23). The molecule has 0 fully saturated rings. The normalized spacial score (nSPS) is 10.0. The molecule has 2 aromatic carbocycles. The van der Waals surface area contributed by atoms with Gasteiger partial charge in [0.05, 0.1) is 0 Å². The molecule has 0 aliphatic heterocycles. The second kappa shape index (κ2) is 7.98. The molecule has 0 saturated carbocycles. The fourth-order valence-electron chi connectivity index (χ4n) is 2.22. The van der Waals surface area contributed by atoms with Crippen molar-refractivity contribution in [3.05, 3.63) is 59.7 Å². The van der Waals surface area contributed by atoms with Gasteiger partial charge in [0.15, 0.2) is 0 Å². The van der Waals surface area contributed by atoms with Gasteiger partial charge >= 0.3 is 6.03 Å². The molecule has 0 aromatic heterocycles. The van der Waals surface area contributed by atoms with Crippen molar-refractivity contribution in [2.75, 3.05) is 17.7 Å². The maximum atomic E-state index is 12.0. The first kappa shape index (κ1) is 16.5. The van der Waals surface area contributed by atoms with E-state index < -0.39 is 0 Å². The van der Waals surface area contributed by atoms with Crippen molar-refractivity contribution in [1.82, 2.24) is 5.32 Å². The fraction of sp³-hybridized carbons (Fsp3) is 0.222. The van der Waals surface area contributed by atoms with E-state index in [0.29, 0.717) is 24.2 Å². The number of anilines is 2. The van der Waals surface area contributed by atoms with E-state index in [1.807, 2.05) is 25.1 Å². The number of carbonyl (C=O) groups is 2. The third kappa shape index (κ3) is 5.47. The van der Waals surface area contributed by atoms with E-state index in [2.05, 4.69) is 22.0 Å². The van der Waals surface area contributed by atoms with E-state index in [0.717, 1.165) is 5.56 Å². The van der Waals surface area contributed by atoms with Crippen LogP contribution < -0.4 is 16.0 Å². The molecule has 23 heavy (non-hydrogen) atoms. The average molecular weight is 311 g/mol. The van der Waals surface area contributed by atoms with Crippen LogP contribution in [-0.2, 0) is 11.2 Å². The molecular formula is C18H21N3O2. The Balaban J connectivity index is 1.90. The van der Waals surface area contributed by atoms with Gasteiger partial charge in [-0.05, 0) is 37.1 Å². The van der Waals surface area contributed by atoms with Crippen molar-refractivity contribution >= 4 is 23.3 Å². The molecule has 0 unspecified atom stereocenters. The second-order valence-corrected chi connectivity index (χ2v) is 5.32. The van der Waals surface area contributed by atoms with Crippen molar-refractivity contribution in [2.24, 2.45) is 0 Å². The molecule has 5 heteroatoms. The molecule has 0 aliphatic rings. The van der Waals surface area contributed by atoms with Gasteiger partial charge < -0.3 is 16.0 Å². The smallest absolute Gasteiger partial charge is 0.318 e. The van der Waals surface area contributed by atoms with Gasteiger partial charge in [-0.3, -0.25) is 4.79 Å². The molecule has 0 aliphatic carbocycles. The molecule has 3 amide bonds. The minimum Gasteiger partial charge on any atom is -0.341 e. The van der Waals surface area contributed by atoms with Gasteiger partial charge in [-0.25, -0.2) is 4.79 Å². The Morgan fingerprint density at radius 1 is 0.957 bits per heavy atom. The third-order valence-electron chi connectivity index (χ3n) is 3.35. The number of hydrogen-bond acceptors (Lipinski definition) is 2. The van der Waals surface area contributed by atoms with E-state index in [1.54, 1.807) is 31.3 Å². The van der Waals surface area contributed by atoms with Gasteiger partial charge in [0.2, 0.25) is 5.91 Å². The van der Waals surface area contributed by atoms with Crippen LogP contribution in [0.4, 0.5) is 16.2 Å². The summed E-state index contributed by atoms with van der Waals surface area (Å²) in [5.41, 5.74) is 3.63. The molecule has 120 valence electrons. The largest absolute Gasteiger partial charge is 0.341 e. The molecule has 0 heterocycles. The summed E-state index contributed by atoms with van der Waals surface area (Å²) < 4.78 is 0. The predicted molar refractivity (Wildman–Crippen MR) is 92.7 cm³/mol. The van der Waals surface area contributed by atoms with E-state index in [9.17, 15) is 9.59 Å². The molecule has 0 saturated heterocycles. The lowest BCUT2D eigenvalue weighted by Crippen LogP contribution is -2.24. The zero-order valence-electron chi connectivity index (χ0n) is 13.3. The van der Waals surface area contributed by atoms with Crippen LogP contribution in [0, 0.1) is 6.92 Å². The SMILES string of the molecule is CNC(=O)Nc1cccc(NC(=O)CCc2cccc(C)c2)c1. The first-order valence-corrected chi connectivity index (χ1v) is 7.51. The van der Waals surface area contributed by atoms with Crippen LogP contribution in [0.15, 0.2) is 48.5 Å². The van der Waals surface area contributed by atoms with E-state index >= 15 is 0 Å². The molecule has 0 atom stereocenters. The summed E-state index contributed by atoms with van der Waals surface area (Å²) in [5, 5.41) is 8.00. The summed E-state index contributed by atoms with van der Waals surface area (Å²) in [5.74, 6) is -0.0522. The Bertz CT molecular complexity index is 698. The van der Waals surface area contributed by atoms with Crippen molar-refractivity contribution in [1.29, 1.82) is 0 Å². The number of hydrogen-bond donors (Lipinski definition) is 3. The minimum absolute atomic E-state index is 0.0522. The number of aryl methyl sites for hydroxylation is 2. The van der Waals surface area contributed by atoms with E-state index in [4.69, 9.17) is 0 Å². The maximum absolute atomic E-state index is 12.0. The molecular weight excluding hydrogens is 290 g/mol. The third-order valence-corrected chi connectivity index (χ3v) is 3.35. The van der Waals surface area contributed by atoms with E-state index in [-0.39, 0.29) is 11.9 Å². The fourth-order valence-corrected chi connectivity index (χ4v) is 2.22. The lowest BCUT2D eigenvalue weighted by atomic mass is 10.1. The lowest BCUT2D eigenvalue weighted by molar-refractivity contribution is -0.116. The summed E-state index contributed by atoms with van der Waals surface area (Å²) in [6.07, 6.45) is 1.11. The topological polar surface area (TPSA) is 70.2 Å². The molecule has 5 nitrogen and oxygen atoms in total. The number of urea groups is 1. The van der Waals surface area contributed by atoms with Gasteiger partial charge in [-0.1, -0.05) is 35.9 Å². The monoisotopic (exact) mass is 311 g/mol. The zero-order valence-corrected chi connectivity index (χ0v) is 13.3. The van der Waals surface area contributed by atoms with Crippen LogP contribution >= 0.6 is 0 Å². The number of benzene rings is 2. The Hall–Kier alpha value is -2.82. The van der Waals surface area contributed by atoms with Gasteiger partial charge in [0.25, 0.3) is 0 Å². The summed E-state index contributed by atoms with van der Waals surface area (Å²) >= 11 is 0. The average Bonchev–Trinajstić information content (AvgIpc) is 2.53. The van der Waals surface area contributed by atoms with Crippen LogP contribution in [0.3, 0.4) is 0 Å². The summed E-state index contributed by atoms with van der Waals surface area (Å²) in [7, 11) is 1.55. The quantitative estimate of drug-likeness (QED) is 0.793. The van der Waals surface area contributed by atoms with Crippen LogP contribution in [0.2, 0.25) is 0 Å². The second-order valence-electron chi connectivity index (χ2n) is 5.32. The number of rotatable bonds is 5. The molecule has 3 N–H and O–H groups in total. The highest BCUT2D eigenvalue weighted by molar-refractivity contribution is 5.93. The summed E-state index contributed by atoms with van der Waals surface area (Å²) in [4.78, 5) is 23.3. The van der Waals surface area contributed by atoms with Crippen molar-refractivity contribution in [3.8, 4) is 0 Å². The molecule has 0 spiro atoms. The Morgan fingerprint density at radius 3 is 2.35 bits per heavy atom. The zero-order chi connectivity index (χ0) is 16.7. The molecule has 2 aromatic rings. The molecule has 2 rings (SSSR count). The highest BCUT2D eigenvalue weighted by Gasteiger charge is 2.05. The Labute approximate surface area is 136 Å². The van der Waals surface area contributed by atoms with Crippen molar-refractivity contribution in [3.63, 3.8) is 0 Å². The first-order valence-electron chi connectivity index (χ1n) is 7.51. The summed E-state index contributed by atoms with van der Waals surface area (Å²) in [6.45, 7) is 2.04. The number of carbonyl (C=O) groups excluding carboxylic acids is 2. The van der Waals surface area contributed by atoms with Gasteiger partial charge in [-0.15, -0.1) is 0 Å². The van der Waals surface area contributed by atoms with Gasteiger partial charge in [-0.2, -0.15) is 0 Å². The Kier molecular flexibility index (Phi) is 5.74. The van der Waals surface area contributed by atoms with Crippen molar-refractivity contribution in [2.45, 2.75) is 19.8 Å². The highest BCUT2D eigenvalue weighted by Crippen LogP contribution is 2.15. The van der Waals surface area contributed by atoms with Crippen LogP contribution in [0.1, 0.15) is 17.5 Å². The number of amides is 3. The summed E-state index contributed by atoms with van der Waals surface area (Å²) in [6, 6.07) is 14.9. The predicted octanol–water partition coefficient (Wildman–Crippen LogP) is 3.32. The highest BCUT2D eigenvalue weighted by atomic mass is 16.2. The first-order chi connectivity index (χ1) is 11.1. The Morgan fingerprint density at radius 2 is 1.65 bits per heavy atom. The van der Waals surface area contributed by atoms with Crippen LogP contribution in [0.5, 0.6) is 0 Å². The maximum Gasteiger partial charge on any atom is 0.318 e. The lowest BCUT2D eigenvalue weighted by Gasteiger charge is -2.09. The van der Waals surface area contributed by atoms with E-state index in [1.165, 1.54) is 5.56 Å². The number of nitrogens with one attached hydrogen (secondary N) is 3. The molecule has 0 bridgehead atoms. The van der Waals surface area contributed by atoms with Gasteiger partial charge in [0.1, 0.15) is 0 Å². The van der Waals surface area contributed by atoms with Crippen LogP contribution in [-0.4, -0.2) is 19.0 Å². The molecule has 0 radical (unpaired) electrons. The van der Waals surface area contributed by atoms with Crippen molar-refractivity contribution < 1.29 is 9.59 Å². The minimum atomic E-state index is -0.298. The van der Waals surface area contributed by atoms with Crippen LogP contribution in [0.25, 0.3) is 0 Å².